The van der Waals surface area contributed by atoms with Gasteiger partial charge in [-0.05, 0) is 6.92 Å². The number of rotatable bonds is 4. The number of esters is 1. The second-order valence-electron chi connectivity index (χ2n) is 4.86. The molecule has 2 fully saturated rings. The monoisotopic (exact) mass is 318 g/mol. The Hall–Kier alpha value is -0.400. The molecule has 2 atom stereocenters. The summed E-state index contributed by atoms with van der Waals surface area (Å²) in [6.07, 6.45) is 0.480. The molecule has 0 spiro atoms. The molecular weight excluding hydrogens is 296 g/mol. The molecule has 114 valence electrons. The number of carbonyl (C=O) groups excluding carboxylic acids is 2. The zero-order valence-corrected chi connectivity index (χ0v) is 13.4. The Bertz CT molecular complexity index is 349. The minimum atomic E-state index is -0.405. The molecule has 0 aliphatic carbocycles. The van der Waals surface area contributed by atoms with E-state index in [1.165, 1.54) is 0 Å². The summed E-state index contributed by atoms with van der Waals surface area (Å²) < 4.78 is 5.09. The summed E-state index contributed by atoms with van der Waals surface area (Å²) in [5.41, 5.74) is 0. The number of hydrogen-bond donors (Lipinski definition) is 1. The summed E-state index contributed by atoms with van der Waals surface area (Å²) in [6, 6.07) is -0.170. The molecule has 2 aliphatic heterocycles. The van der Waals surface area contributed by atoms with E-state index in [1.807, 2.05) is 11.8 Å². The van der Waals surface area contributed by atoms with Crippen LogP contribution in [-0.2, 0) is 14.3 Å². The van der Waals surface area contributed by atoms with Crippen LogP contribution in [0.2, 0.25) is 0 Å². The van der Waals surface area contributed by atoms with Gasteiger partial charge in [0.2, 0.25) is 5.91 Å². The lowest BCUT2D eigenvalue weighted by atomic mass is 10.1. The van der Waals surface area contributed by atoms with Gasteiger partial charge in [0.15, 0.2) is 0 Å². The van der Waals surface area contributed by atoms with Crippen molar-refractivity contribution in [3.05, 3.63) is 0 Å². The first-order valence-corrected chi connectivity index (χ1v) is 9.38. The Labute approximate surface area is 128 Å². The van der Waals surface area contributed by atoms with E-state index in [1.54, 1.807) is 23.6 Å². The van der Waals surface area contributed by atoms with E-state index in [0.717, 1.165) is 23.8 Å². The van der Waals surface area contributed by atoms with Gasteiger partial charge in [-0.3, -0.25) is 4.79 Å². The van der Waals surface area contributed by atoms with Crippen molar-refractivity contribution >= 4 is 35.4 Å². The minimum Gasteiger partial charge on any atom is -0.464 e. The fourth-order valence-electron chi connectivity index (χ4n) is 2.41. The number of nitrogens with zero attached hydrogens (tertiary/aromatic N) is 1. The summed E-state index contributed by atoms with van der Waals surface area (Å²) in [6.45, 7) is 3.76. The molecule has 7 heteroatoms. The van der Waals surface area contributed by atoms with Gasteiger partial charge in [-0.1, -0.05) is 0 Å². The summed E-state index contributed by atoms with van der Waals surface area (Å²) >= 11 is 3.59. The quantitative estimate of drug-likeness (QED) is 0.766. The van der Waals surface area contributed by atoms with E-state index >= 15 is 0 Å². The van der Waals surface area contributed by atoms with Crippen molar-refractivity contribution in [3.63, 3.8) is 0 Å². The van der Waals surface area contributed by atoms with Crippen LogP contribution in [0.15, 0.2) is 0 Å². The third-order valence-corrected chi connectivity index (χ3v) is 5.58. The number of amides is 1. The van der Waals surface area contributed by atoms with E-state index in [-0.39, 0.29) is 17.9 Å². The number of carbonyl (C=O) groups is 2. The molecule has 0 radical (unpaired) electrons. The average Bonchev–Trinajstić information content (AvgIpc) is 2.48. The van der Waals surface area contributed by atoms with Gasteiger partial charge in [0.05, 0.1) is 6.61 Å². The van der Waals surface area contributed by atoms with Crippen LogP contribution in [0.3, 0.4) is 0 Å². The first-order valence-electron chi connectivity index (χ1n) is 7.07. The van der Waals surface area contributed by atoms with Crippen LogP contribution in [0.5, 0.6) is 0 Å². The van der Waals surface area contributed by atoms with Crippen molar-refractivity contribution in [2.24, 2.45) is 0 Å². The maximum absolute atomic E-state index is 12.4. The van der Waals surface area contributed by atoms with Crippen molar-refractivity contribution in [1.29, 1.82) is 0 Å². The molecule has 0 bridgehead atoms. The highest BCUT2D eigenvalue weighted by Gasteiger charge is 2.34. The van der Waals surface area contributed by atoms with Crippen LogP contribution in [0.1, 0.15) is 13.3 Å². The summed E-state index contributed by atoms with van der Waals surface area (Å²) in [5.74, 6) is 3.43. The van der Waals surface area contributed by atoms with Crippen LogP contribution in [0.4, 0.5) is 0 Å². The van der Waals surface area contributed by atoms with Crippen molar-refractivity contribution in [2.45, 2.75) is 25.4 Å². The maximum Gasteiger partial charge on any atom is 0.329 e. The standard InChI is InChI=1S/C13H22N2O3S2/c1-2-18-13(17)11-9-20-6-4-15(11)12(16)7-10-8-19-5-3-14-10/h10-11,14H,2-9H2,1H3. The fourth-order valence-corrected chi connectivity index (χ4v) is 4.40. The van der Waals surface area contributed by atoms with Gasteiger partial charge in [0.25, 0.3) is 0 Å². The molecule has 2 rings (SSSR count). The molecule has 1 N–H and O–H groups in total. The van der Waals surface area contributed by atoms with Crippen molar-refractivity contribution in [3.8, 4) is 0 Å². The number of nitrogens with one attached hydrogen (secondary N) is 1. The fraction of sp³-hybridized carbons (Fsp3) is 0.846. The Morgan fingerprint density at radius 1 is 1.30 bits per heavy atom. The van der Waals surface area contributed by atoms with E-state index < -0.39 is 6.04 Å². The Morgan fingerprint density at radius 3 is 2.80 bits per heavy atom. The number of ether oxygens (including phenoxy) is 1. The smallest absolute Gasteiger partial charge is 0.329 e. The Kier molecular flexibility index (Phi) is 6.51. The highest BCUT2D eigenvalue weighted by molar-refractivity contribution is 7.99. The Balaban J connectivity index is 1.92. The van der Waals surface area contributed by atoms with E-state index in [2.05, 4.69) is 5.32 Å². The third kappa shape index (κ3) is 4.30. The van der Waals surface area contributed by atoms with Crippen LogP contribution < -0.4 is 5.32 Å². The van der Waals surface area contributed by atoms with Crippen molar-refractivity contribution < 1.29 is 14.3 Å². The number of thioether (sulfide) groups is 2. The van der Waals surface area contributed by atoms with Gasteiger partial charge < -0.3 is 15.0 Å². The normalized spacial score (nSPS) is 27.1. The zero-order chi connectivity index (χ0) is 14.4. The van der Waals surface area contributed by atoms with Gasteiger partial charge in [0.1, 0.15) is 6.04 Å². The summed E-state index contributed by atoms with van der Waals surface area (Å²) in [4.78, 5) is 26.1. The molecule has 5 nitrogen and oxygen atoms in total. The molecule has 2 unspecified atom stereocenters. The summed E-state index contributed by atoms with van der Waals surface area (Å²) in [7, 11) is 0. The van der Waals surface area contributed by atoms with Crippen LogP contribution in [0.25, 0.3) is 0 Å². The second kappa shape index (κ2) is 8.14. The lowest BCUT2D eigenvalue weighted by molar-refractivity contribution is -0.154. The van der Waals surface area contributed by atoms with Crippen molar-refractivity contribution in [2.75, 3.05) is 42.7 Å². The molecular formula is C13H22N2O3S2. The third-order valence-electron chi connectivity index (χ3n) is 3.43. The molecule has 0 saturated carbocycles. The summed E-state index contributed by atoms with van der Waals surface area (Å²) in [5, 5.41) is 3.37. The minimum absolute atomic E-state index is 0.0725. The predicted molar refractivity (Wildman–Crippen MR) is 83.2 cm³/mol. The molecule has 2 aliphatic rings. The van der Waals surface area contributed by atoms with Gasteiger partial charge in [-0.2, -0.15) is 23.5 Å². The second-order valence-corrected chi connectivity index (χ2v) is 7.16. The maximum atomic E-state index is 12.4. The molecule has 0 aromatic carbocycles. The van der Waals surface area contributed by atoms with E-state index in [0.29, 0.717) is 25.3 Å². The van der Waals surface area contributed by atoms with Gasteiger partial charge in [-0.15, -0.1) is 0 Å². The van der Waals surface area contributed by atoms with Gasteiger partial charge >= 0.3 is 5.97 Å². The highest BCUT2D eigenvalue weighted by atomic mass is 32.2. The van der Waals surface area contributed by atoms with Crippen LogP contribution in [0, 0.1) is 0 Å². The molecule has 20 heavy (non-hydrogen) atoms. The first kappa shape index (κ1) is 16.0. The zero-order valence-electron chi connectivity index (χ0n) is 11.8. The lowest BCUT2D eigenvalue weighted by Gasteiger charge is -2.35. The average molecular weight is 318 g/mol. The molecule has 1 amide bonds. The first-order chi connectivity index (χ1) is 9.72. The molecule has 0 aromatic rings. The van der Waals surface area contributed by atoms with Gasteiger partial charge in [-0.25, -0.2) is 4.79 Å². The lowest BCUT2D eigenvalue weighted by Crippen LogP contribution is -2.52. The van der Waals surface area contributed by atoms with Gasteiger partial charge in [0, 0.05) is 48.6 Å². The predicted octanol–water partition coefficient (Wildman–Crippen LogP) is 0.589. The van der Waals surface area contributed by atoms with Crippen molar-refractivity contribution in [1.82, 2.24) is 10.2 Å². The topological polar surface area (TPSA) is 58.6 Å². The van der Waals surface area contributed by atoms with Crippen LogP contribution >= 0.6 is 23.5 Å². The largest absolute Gasteiger partial charge is 0.464 e. The molecule has 2 saturated heterocycles. The number of hydrogen-bond acceptors (Lipinski definition) is 6. The Morgan fingerprint density at radius 2 is 2.10 bits per heavy atom. The molecule has 2 heterocycles. The van der Waals surface area contributed by atoms with E-state index in [9.17, 15) is 9.59 Å². The SMILES string of the molecule is CCOC(=O)C1CSCCN1C(=O)CC1CSCCN1. The molecule has 0 aromatic heterocycles. The van der Waals surface area contributed by atoms with E-state index in [4.69, 9.17) is 4.74 Å². The highest BCUT2D eigenvalue weighted by Crippen LogP contribution is 2.20. The van der Waals surface area contributed by atoms with Crippen LogP contribution in [-0.4, -0.2) is 71.6 Å².